The maximum Gasteiger partial charge on any atom is 0.408 e. The van der Waals surface area contributed by atoms with Gasteiger partial charge in [-0.25, -0.2) is 9.59 Å². The zero-order chi connectivity index (χ0) is 20.2. The van der Waals surface area contributed by atoms with Crippen molar-refractivity contribution in [2.75, 3.05) is 0 Å². The molecule has 0 spiro atoms. The van der Waals surface area contributed by atoms with Crippen LogP contribution in [0.15, 0.2) is 42.5 Å². The summed E-state index contributed by atoms with van der Waals surface area (Å²) in [5.74, 6) is -0.912. The van der Waals surface area contributed by atoms with Gasteiger partial charge in [0.2, 0.25) is 0 Å². The summed E-state index contributed by atoms with van der Waals surface area (Å²) in [4.78, 5) is 23.3. The number of hydrogen-bond acceptors (Lipinski definition) is 4. The summed E-state index contributed by atoms with van der Waals surface area (Å²) in [5.41, 5.74) is 2.97. The van der Waals surface area contributed by atoms with Crippen LogP contribution in [0, 0.1) is 6.92 Å². The van der Waals surface area contributed by atoms with Crippen LogP contribution in [0.5, 0.6) is 5.75 Å². The molecule has 0 unspecified atom stereocenters. The van der Waals surface area contributed by atoms with Gasteiger partial charge in [-0.2, -0.15) is 0 Å². The highest BCUT2D eigenvalue weighted by molar-refractivity contribution is 5.80. The lowest BCUT2D eigenvalue weighted by molar-refractivity contribution is -0.139. The fraction of sp³-hybridized carbons (Fsp3) is 0.333. The second-order valence-corrected chi connectivity index (χ2v) is 7.44. The first-order valence-corrected chi connectivity index (χ1v) is 8.66. The minimum atomic E-state index is -1.13. The summed E-state index contributed by atoms with van der Waals surface area (Å²) in [7, 11) is 0. The van der Waals surface area contributed by atoms with Crippen molar-refractivity contribution < 1.29 is 24.5 Å². The Morgan fingerprint density at radius 3 is 2.26 bits per heavy atom. The zero-order valence-corrected chi connectivity index (χ0v) is 15.9. The van der Waals surface area contributed by atoms with Crippen molar-refractivity contribution in [1.29, 1.82) is 0 Å². The molecule has 2 rings (SSSR count). The topological polar surface area (TPSA) is 95.9 Å². The molecule has 3 N–H and O–H groups in total. The normalized spacial score (nSPS) is 12.3. The van der Waals surface area contributed by atoms with E-state index in [9.17, 15) is 19.8 Å². The van der Waals surface area contributed by atoms with Gasteiger partial charge in [0.05, 0.1) is 0 Å². The number of rotatable bonds is 5. The number of hydrogen-bond donors (Lipinski definition) is 3. The quantitative estimate of drug-likeness (QED) is 0.741. The minimum Gasteiger partial charge on any atom is -0.508 e. The highest BCUT2D eigenvalue weighted by atomic mass is 16.6. The highest BCUT2D eigenvalue weighted by Gasteiger charge is 2.24. The molecule has 0 saturated heterocycles. The van der Waals surface area contributed by atoms with E-state index in [4.69, 9.17) is 4.74 Å². The predicted molar refractivity (Wildman–Crippen MR) is 103 cm³/mol. The van der Waals surface area contributed by atoms with Crippen LogP contribution >= 0.6 is 0 Å². The molecular weight excluding hydrogens is 346 g/mol. The molecule has 0 aromatic heterocycles. The van der Waals surface area contributed by atoms with Gasteiger partial charge in [0.15, 0.2) is 0 Å². The average Bonchev–Trinajstić information content (AvgIpc) is 2.53. The molecule has 144 valence electrons. The van der Waals surface area contributed by atoms with Gasteiger partial charge in [-0.1, -0.05) is 30.3 Å². The SMILES string of the molecule is Cc1cc(O)ccc1-c1ccc(C[C@H](NC(=O)OC(C)(C)C)C(=O)O)cc1. The number of phenols is 1. The van der Waals surface area contributed by atoms with Gasteiger partial charge in [-0.15, -0.1) is 0 Å². The molecule has 2 aromatic carbocycles. The Labute approximate surface area is 158 Å². The molecule has 0 aliphatic rings. The Morgan fingerprint density at radius 2 is 1.74 bits per heavy atom. The van der Waals surface area contributed by atoms with Crippen molar-refractivity contribution in [3.63, 3.8) is 0 Å². The van der Waals surface area contributed by atoms with Crippen LogP contribution in [0.25, 0.3) is 11.1 Å². The number of carbonyl (C=O) groups excluding carboxylic acids is 1. The number of benzene rings is 2. The van der Waals surface area contributed by atoms with Crippen molar-refractivity contribution in [3.05, 3.63) is 53.6 Å². The van der Waals surface area contributed by atoms with Gasteiger partial charge in [-0.3, -0.25) is 0 Å². The van der Waals surface area contributed by atoms with Crippen molar-refractivity contribution >= 4 is 12.1 Å². The predicted octanol–water partition coefficient (Wildman–Crippen LogP) is 3.89. The number of nitrogens with one attached hydrogen (secondary N) is 1. The summed E-state index contributed by atoms with van der Waals surface area (Å²) >= 11 is 0. The first-order valence-electron chi connectivity index (χ1n) is 8.66. The van der Waals surface area contributed by atoms with Crippen molar-refractivity contribution in [3.8, 4) is 16.9 Å². The third-order valence-corrected chi connectivity index (χ3v) is 3.90. The van der Waals surface area contributed by atoms with E-state index >= 15 is 0 Å². The lowest BCUT2D eigenvalue weighted by Gasteiger charge is -2.22. The molecule has 6 nitrogen and oxygen atoms in total. The molecule has 6 heteroatoms. The Hall–Kier alpha value is -3.02. The number of amides is 1. The van der Waals surface area contributed by atoms with Crippen LogP contribution in [-0.4, -0.2) is 33.9 Å². The van der Waals surface area contributed by atoms with Crippen LogP contribution in [0.3, 0.4) is 0 Å². The Bertz CT molecular complexity index is 821. The van der Waals surface area contributed by atoms with Gasteiger partial charge in [-0.05, 0) is 62.1 Å². The molecule has 0 radical (unpaired) electrons. The van der Waals surface area contributed by atoms with Gasteiger partial charge >= 0.3 is 12.1 Å². The van der Waals surface area contributed by atoms with E-state index in [0.29, 0.717) is 0 Å². The van der Waals surface area contributed by atoms with Crippen LogP contribution in [0.1, 0.15) is 31.9 Å². The summed E-state index contributed by atoms with van der Waals surface area (Å²) < 4.78 is 5.12. The van der Waals surface area contributed by atoms with Crippen molar-refractivity contribution in [1.82, 2.24) is 5.32 Å². The fourth-order valence-corrected chi connectivity index (χ4v) is 2.68. The van der Waals surface area contributed by atoms with Gasteiger partial charge < -0.3 is 20.3 Å². The maximum absolute atomic E-state index is 11.9. The fourth-order valence-electron chi connectivity index (χ4n) is 2.68. The Kier molecular flexibility index (Phi) is 6.10. The summed E-state index contributed by atoms with van der Waals surface area (Å²) in [5, 5.41) is 21.3. The molecule has 0 aliphatic carbocycles. The maximum atomic E-state index is 11.9. The van der Waals surface area contributed by atoms with E-state index in [0.717, 1.165) is 22.3 Å². The number of aryl methyl sites for hydroxylation is 1. The minimum absolute atomic E-state index is 0.142. The molecular formula is C21H25NO5. The number of carboxylic acid groups (broad SMARTS) is 1. The largest absolute Gasteiger partial charge is 0.508 e. The molecule has 1 amide bonds. The molecule has 0 saturated carbocycles. The summed E-state index contributed by atoms with van der Waals surface area (Å²) in [6.45, 7) is 7.05. The monoisotopic (exact) mass is 371 g/mol. The van der Waals surface area contributed by atoms with E-state index in [1.165, 1.54) is 0 Å². The molecule has 0 aliphatic heterocycles. The molecule has 0 heterocycles. The van der Waals surface area contributed by atoms with Gasteiger partial charge in [0.25, 0.3) is 0 Å². The number of carboxylic acids is 1. The third kappa shape index (κ3) is 6.02. The molecule has 0 fully saturated rings. The van der Waals surface area contributed by atoms with Crippen LogP contribution in [0.4, 0.5) is 4.79 Å². The second-order valence-electron chi connectivity index (χ2n) is 7.44. The number of aromatic hydroxyl groups is 1. The molecule has 0 bridgehead atoms. The van der Waals surface area contributed by atoms with E-state index in [-0.39, 0.29) is 12.2 Å². The summed E-state index contributed by atoms with van der Waals surface area (Å²) in [6, 6.07) is 11.5. The van der Waals surface area contributed by atoms with Gasteiger partial charge in [0.1, 0.15) is 17.4 Å². The number of carbonyl (C=O) groups is 2. The highest BCUT2D eigenvalue weighted by Crippen LogP contribution is 2.26. The lowest BCUT2D eigenvalue weighted by Crippen LogP contribution is -2.44. The standard InChI is InChI=1S/C21H25NO5/c1-13-11-16(23)9-10-17(13)15-7-5-14(6-8-15)12-18(19(24)25)22-20(26)27-21(2,3)4/h5-11,18,23H,12H2,1-4H3,(H,22,26)(H,24,25)/t18-/m0/s1. The van der Waals surface area contributed by atoms with Crippen molar-refractivity contribution in [2.24, 2.45) is 0 Å². The first kappa shape index (κ1) is 20.3. The van der Waals surface area contributed by atoms with Crippen LogP contribution < -0.4 is 5.32 Å². The van der Waals surface area contributed by atoms with E-state index in [2.05, 4.69) is 5.32 Å². The molecule has 2 aromatic rings. The Morgan fingerprint density at radius 1 is 1.11 bits per heavy atom. The third-order valence-electron chi connectivity index (χ3n) is 3.90. The molecule has 1 atom stereocenters. The number of alkyl carbamates (subject to hydrolysis) is 1. The van der Waals surface area contributed by atoms with E-state index < -0.39 is 23.7 Å². The molecule has 27 heavy (non-hydrogen) atoms. The average molecular weight is 371 g/mol. The second kappa shape index (κ2) is 8.12. The zero-order valence-electron chi connectivity index (χ0n) is 15.9. The Balaban J connectivity index is 2.10. The van der Waals surface area contributed by atoms with Crippen molar-refractivity contribution in [2.45, 2.75) is 45.8 Å². The van der Waals surface area contributed by atoms with E-state index in [1.54, 1.807) is 32.9 Å². The summed E-state index contributed by atoms with van der Waals surface area (Å²) in [6.07, 6.45) is -0.616. The number of aliphatic carboxylic acids is 1. The van der Waals surface area contributed by atoms with Gasteiger partial charge in [0, 0.05) is 6.42 Å². The van der Waals surface area contributed by atoms with E-state index in [1.807, 2.05) is 37.3 Å². The lowest BCUT2D eigenvalue weighted by atomic mass is 9.97. The number of phenolic OH excluding ortho intramolecular Hbond substituents is 1. The van der Waals surface area contributed by atoms with Crippen LogP contribution in [0.2, 0.25) is 0 Å². The smallest absolute Gasteiger partial charge is 0.408 e. The first-order chi connectivity index (χ1) is 12.5. The number of ether oxygens (including phenoxy) is 1. The van der Waals surface area contributed by atoms with Crippen LogP contribution in [-0.2, 0) is 16.0 Å².